The molecule has 0 radical (unpaired) electrons. The van der Waals surface area contributed by atoms with E-state index in [1.165, 1.54) is 16.3 Å². The van der Waals surface area contributed by atoms with Gasteiger partial charge < -0.3 is 15.2 Å². The number of rotatable bonds is 9. The lowest BCUT2D eigenvalue weighted by atomic mass is 9.93. The van der Waals surface area contributed by atoms with Gasteiger partial charge in [0.15, 0.2) is 0 Å². The number of nitrogens with one attached hydrogen (secondary N) is 1. The van der Waals surface area contributed by atoms with Crippen LogP contribution in [0, 0.1) is 11.3 Å². The van der Waals surface area contributed by atoms with E-state index in [0.29, 0.717) is 12.1 Å². The van der Waals surface area contributed by atoms with E-state index >= 15 is 0 Å². The van der Waals surface area contributed by atoms with E-state index in [1.807, 2.05) is 25.1 Å². The van der Waals surface area contributed by atoms with Crippen LogP contribution in [-0.2, 0) is 11.2 Å². The number of aliphatic hydroxyl groups excluding tert-OH is 1. The Balaban J connectivity index is 1.50. The van der Waals surface area contributed by atoms with Crippen molar-refractivity contribution in [3.05, 3.63) is 83.4 Å². The highest BCUT2D eigenvalue weighted by atomic mass is 16.5. The summed E-state index contributed by atoms with van der Waals surface area (Å²) in [4.78, 5) is 0. The molecule has 2 N–H and O–H groups in total. The second kappa shape index (κ2) is 9.86. The molecule has 0 heterocycles. The van der Waals surface area contributed by atoms with Gasteiger partial charge in [0.25, 0.3) is 0 Å². The summed E-state index contributed by atoms with van der Waals surface area (Å²) < 4.78 is 5.82. The van der Waals surface area contributed by atoms with E-state index in [-0.39, 0.29) is 18.2 Å². The zero-order valence-electron chi connectivity index (χ0n) is 17.9. The molecule has 0 saturated heterocycles. The molecule has 0 saturated carbocycles. The molecule has 0 bridgehead atoms. The average molecular weight is 403 g/mol. The molecule has 3 rings (SSSR count). The highest BCUT2D eigenvalue weighted by molar-refractivity contribution is 5.83. The van der Waals surface area contributed by atoms with Crippen molar-refractivity contribution in [3.8, 4) is 6.07 Å². The number of benzene rings is 3. The molecule has 2 unspecified atom stereocenters. The van der Waals surface area contributed by atoms with Crippen molar-refractivity contribution in [2.45, 2.75) is 44.9 Å². The molecule has 0 aliphatic carbocycles. The Labute approximate surface area is 179 Å². The number of ether oxygens (including phenoxy) is 1. The lowest BCUT2D eigenvalue weighted by molar-refractivity contribution is -0.00427. The number of aliphatic hydroxyl groups is 1. The van der Waals surface area contributed by atoms with Crippen LogP contribution in [0.25, 0.3) is 10.8 Å². The fourth-order valence-electron chi connectivity index (χ4n) is 3.67. The Morgan fingerprint density at radius 2 is 1.73 bits per heavy atom. The molecule has 30 heavy (non-hydrogen) atoms. The predicted octanol–water partition coefficient (Wildman–Crippen LogP) is 4.76. The van der Waals surface area contributed by atoms with E-state index in [9.17, 15) is 10.4 Å². The van der Waals surface area contributed by atoms with Gasteiger partial charge in [0.2, 0.25) is 0 Å². The van der Waals surface area contributed by atoms with E-state index < -0.39 is 6.10 Å². The summed E-state index contributed by atoms with van der Waals surface area (Å²) in [6, 6.07) is 24.5. The summed E-state index contributed by atoms with van der Waals surface area (Å²) in [6.45, 7) is 6.83. The van der Waals surface area contributed by atoms with Gasteiger partial charge in [-0.3, -0.25) is 0 Å². The van der Waals surface area contributed by atoms with Crippen molar-refractivity contribution in [2.24, 2.45) is 0 Å². The Bertz CT molecular complexity index is 1020. The minimum Gasteiger partial charge on any atom is -0.389 e. The largest absolute Gasteiger partial charge is 0.389 e. The van der Waals surface area contributed by atoms with Crippen molar-refractivity contribution >= 4 is 10.8 Å². The third kappa shape index (κ3) is 5.90. The number of hydrogen-bond donors (Lipinski definition) is 2. The molecule has 0 spiro atoms. The van der Waals surface area contributed by atoms with Gasteiger partial charge in [0, 0.05) is 12.1 Å². The van der Waals surface area contributed by atoms with Gasteiger partial charge in [-0.2, -0.15) is 5.26 Å². The molecule has 4 heteroatoms. The lowest BCUT2D eigenvalue weighted by Crippen LogP contribution is -2.46. The monoisotopic (exact) mass is 402 g/mol. The highest BCUT2D eigenvalue weighted by Crippen LogP contribution is 2.21. The van der Waals surface area contributed by atoms with Gasteiger partial charge >= 0.3 is 0 Å². The fraction of sp³-hybridized carbons (Fsp3) is 0.346. The van der Waals surface area contributed by atoms with Crippen LogP contribution in [-0.4, -0.2) is 29.9 Å². The van der Waals surface area contributed by atoms with E-state index in [1.54, 1.807) is 6.07 Å². The van der Waals surface area contributed by atoms with E-state index in [4.69, 9.17) is 4.74 Å². The van der Waals surface area contributed by atoms with Crippen LogP contribution in [0.3, 0.4) is 0 Å². The first-order valence-corrected chi connectivity index (χ1v) is 10.4. The maximum absolute atomic E-state index is 10.4. The Morgan fingerprint density at radius 1 is 1.03 bits per heavy atom. The maximum atomic E-state index is 10.4. The molecule has 0 amide bonds. The van der Waals surface area contributed by atoms with E-state index in [0.717, 1.165) is 12.0 Å². The molecule has 0 fully saturated rings. The number of nitriles is 1. The summed E-state index contributed by atoms with van der Waals surface area (Å²) in [5.41, 5.74) is 2.55. The molecule has 3 aromatic carbocycles. The Morgan fingerprint density at radius 3 is 2.50 bits per heavy atom. The predicted molar refractivity (Wildman–Crippen MR) is 121 cm³/mol. The van der Waals surface area contributed by atoms with Gasteiger partial charge in [0.1, 0.15) is 0 Å². The molecule has 0 aliphatic heterocycles. The van der Waals surface area contributed by atoms with Crippen molar-refractivity contribution in [1.29, 1.82) is 5.26 Å². The molecule has 0 aliphatic rings. The minimum absolute atomic E-state index is 0.164. The molecule has 156 valence electrons. The SMILES string of the molecule is CC(OCC(O)CNC(C)(C)Cc1ccc2ccccc2c1)c1ccccc1C#N. The van der Waals surface area contributed by atoms with Crippen molar-refractivity contribution < 1.29 is 9.84 Å². The Hall–Kier alpha value is -2.71. The van der Waals surface area contributed by atoms with Crippen LogP contribution in [0.5, 0.6) is 0 Å². The number of hydrogen-bond acceptors (Lipinski definition) is 4. The first kappa shape index (κ1) is 22.0. The molecule has 3 aromatic rings. The van der Waals surface area contributed by atoms with Gasteiger partial charge in [-0.25, -0.2) is 0 Å². The third-order valence-electron chi connectivity index (χ3n) is 5.33. The van der Waals surface area contributed by atoms with Gasteiger partial charge in [-0.1, -0.05) is 60.7 Å². The summed E-state index contributed by atoms with van der Waals surface area (Å²) in [7, 11) is 0. The van der Waals surface area contributed by atoms with Crippen molar-refractivity contribution in [3.63, 3.8) is 0 Å². The first-order chi connectivity index (χ1) is 14.4. The standard InChI is InChI=1S/C26H30N2O2/c1-19(25-11-7-6-10-23(25)16-27)30-18-24(29)17-28-26(2,3)15-20-12-13-21-8-4-5-9-22(21)14-20/h4-14,19,24,28-29H,15,17-18H2,1-3H3. The van der Waals surface area contributed by atoms with Crippen LogP contribution in [0.4, 0.5) is 0 Å². The molecule has 4 nitrogen and oxygen atoms in total. The van der Waals surface area contributed by atoms with Gasteiger partial charge in [-0.05, 0) is 55.2 Å². The van der Waals surface area contributed by atoms with E-state index in [2.05, 4.69) is 67.7 Å². The highest BCUT2D eigenvalue weighted by Gasteiger charge is 2.20. The molecular weight excluding hydrogens is 372 g/mol. The van der Waals surface area contributed by atoms with Crippen LogP contribution in [0.15, 0.2) is 66.7 Å². The summed E-state index contributed by atoms with van der Waals surface area (Å²) >= 11 is 0. The third-order valence-corrected chi connectivity index (χ3v) is 5.33. The number of nitrogens with zero attached hydrogens (tertiary/aromatic N) is 1. The van der Waals surface area contributed by atoms with Crippen LogP contribution >= 0.6 is 0 Å². The topological polar surface area (TPSA) is 65.3 Å². The maximum Gasteiger partial charge on any atom is 0.0995 e. The number of fused-ring (bicyclic) bond motifs is 1. The average Bonchev–Trinajstić information content (AvgIpc) is 2.75. The molecule has 2 atom stereocenters. The first-order valence-electron chi connectivity index (χ1n) is 10.4. The summed E-state index contributed by atoms with van der Waals surface area (Å²) in [6.07, 6.45) is -0.0177. The van der Waals surface area contributed by atoms with Crippen LogP contribution in [0.2, 0.25) is 0 Å². The minimum atomic E-state index is -0.627. The van der Waals surface area contributed by atoms with Crippen molar-refractivity contribution in [2.75, 3.05) is 13.2 Å². The fourth-order valence-corrected chi connectivity index (χ4v) is 3.67. The zero-order chi connectivity index (χ0) is 21.6. The second-order valence-electron chi connectivity index (χ2n) is 8.45. The van der Waals surface area contributed by atoms with Gasteiger partial charge in [-0.15, -0.1) is 0 Å². The summed E-state index contributed by atoms with van der Waals surface area (Å²) in [5.74, 6) is 0. The summed E-state index contributed by atoms with van der Waals surface area (Å²) in [5, 5.41) is 25.6. The lowest BCUT2D eigenvalue weighted by Gasteiger charge is -2.28. The second-order valence-corrected chi connectivity index (χ2v) is 8.45. The van der Waals surface area contributed by atoms with Crippen LogP contribution in [0.1, 0.15) is 43.6 Å². The molecule has 0 aromatic heterocycles. The quantitative estimate of drug-likeness (QED) is 0.542. The number of β-amino-alcohol motifs (C(OH)–C–C–N with tert-alkyl or cyclic N) is 1. The zero-order valence-corrected chi connectivity index (χ0v) is 17.9. The van der Waals surface area contributed by atoms with Crippen LogP contribution < -0.4 is 5.32 Å². The normalized spacial score (nSPS) is 13.7. The Kier molecular flexibility index (Phi) is 7.23. The smallest absolute Gasteiger partial charge is 0.0995 e. The molecular formula is C26H30N2O2. The van der Waals surface area contributed by atoms with Gasteiger partial charge in [0.05, 0.1) is 30.4 Å². The van der Waals surface area contributed by atoms with Crippen molar-refractivity contribution in [1.82, 2.24) is 5.32 Å².